The molecule has 0 aliphatic carbocycles. The monoisotopic (exact) mass is 293 g/mol. The van der Waals surface area contributed by atoms with Crippen molar-refractivity contribution < 1.29 is 4.79 Å². The van der Waals surface area contributed by atoms with Crippen LogP contribution in [0, 0.1) is 0 Å². The summed E-state index contributed by atoms with van der Waals surface area (Å²) in [6.07, 6.45) is 4.50. The van der Waals surface area contributed by atoms with Crippen LogP contribution >= 0.6 is 11.3 Å². The Bertz CT molecular complexity index is 454. The molecule has 1 aromatic rings. The van der Waals surface area contributed by atoms with Gasteiger partial charge in [0.2, 0.25) is 5.91 Å². The number of rotatable bonds is 4. The van der Waals surface area contributed by atoms with Crippen LogP contribution in [0.4, 0.5) is 0 Å². The maximum absolute atomic E-state index is 12.0. The van der Waals surface area contributed by atoms with Crippen LogP contribution in [0.5, 0.6) is 0 Å². The van der Waals surface area contributed by atoms with E-state index < -0.39 is 0 Å². The summed E-state index contributed by atoms with van der Waals surface area (Å²) in [4.78, 5) is 16.0. The SMILES string of the molecule is O=C(NCCN1CCc2sccc2C1)[C@H]1CCCCN1. The van der Waals surface area contributed by atoms with E-state index in [1.54, 1.807) is 0 Å². The molecule has 0 saturated carbocycles. The molecule has 2 N–H and O–H groups in total. The van der Waals surface area contributed by atoms with E-state index >= 15 is 0 Å². The number of amides is 1. The van der Waals surface area contributed by atoms with Gasteiger partial charge in [-0.3, -0.25) is 9.69 Å². The second-order valence-corrected chi connectivity index (χ2v) is 6.69. The number of carbonyl (C=O) groups is 1. The first-order chi connectivity index (χ1) is 9.83. The van der Waals surface area contributed by atoms with Crippen LogP contribution in [0.2, 0.25) is 0 Å². The second-order valence-electron chi connectivity index (χ2n) is 5.69. The zero-order valence-corrected chi connectivity index (χ0v) is 12.7. The Balaban J connectivity index is 1.39. The van der Waals surface area contributed by atoms with Gasteiger partial charge in [-0.05, 0) is 42.8 Å². The number of hydrogen-bond acceptors (Lipinski definition) is 4. The van der Waals surface area contributed by atoms with Gasteiger partial charge in [-0.25, -0.2) is 0 Å². The van der Waals surface area contributed by atoms with E-state index in [2.05, 4.69) is 27.0 Å². The average molecular weight is 293 g/mol. The van der Waals surface area contributed by atoms with Gasteiger partial charge in [-0.2, -0.15) is 0 Å². The van der Waals surface area contributed by atoms with Gasteiger partial charge in [0, 0.05) is 31.1 Å². The zero-order valence-electron chi connectivity index (χ0n) is 11.9. The molecule has 3 heterocycles. The molecular formula is C15H23N3OS. The molecule has 0 unspecified atom stereocenters. The minimum Gasteiger partial charge on any atom is -0.353 e. The van der Waals surface area contributed by atoms with Crippen molar-refractivity contribution in [3.05, 3.63) is 21.9 Å². The lowest BCUT2D eigenvalue weighted by atomic mass is 10.0. The van der Waals surface area contributed by atoms with Crippen LogP contribution in [-0.4, -0.2) is 43.0 Å². The summed E-state index contributed by atoms with van der Waals surface area (Å²) in [6.45, 7) is 4.84. The minimum absolute atomic E-state index is 0.0357. The number of thiophene rings is 1. The lowest BCUT2D eigenvalue weighted by Crippen LogP contribution is -2.48. The molecule has 3 rings (SSSR count). The van der Waals surface area contributed by atoms with Gasteiger partial charge >= 0.3 is 0 Å². The molecule has 0 bridgehead atoms. The Morgan fingerprint density at radius 1 is 1.50 bits per heavy atom. The van der Waals surface area contributed by atoms with Gasteiger partial charge in [0.25, 0.3) is 0 Å². The summed E-state index contributed by atoms with van der Waals surface area (Å²) in [5, 5.41) is 8.55. The van der Waals surface area contributed by atoms with Crippen LogP contribution < -0.4 is 10.6 Å². The topological polar surface area (TPSA) is 44.4 Å². The largest absolute Gasteiger partial charge is 0.353 e. The molecule has 5 heteroatoms. The van der Waals surface area contributed by atoms with Crippen LogP contribution in [0.25, 0.3) is 0 Å². The Hall–Kier alpha value is -0.910. The normalized spacial score (nSPS) is 23.3. The highest BCUT2D eigenvalue weighted by molar-refractivity contribution is 7.10. The molecule has 1 atom stereocenters. The van der Waals surface area contributed by atoms with Crippen molar-refractivity contribution in [3.63, 3.8) is 0 Å². The number of nitrogens with one attached hydrogen (secondary N) is 2. The molecule has 2 aliphatic heterocycles. The summed E-state index contributed by atoms with van der Waals surface area (Å²) in [5.74, 6) is 0.179. The second kappa shape index (κ2) is 6.70. The van der Waals surface area contributed by atoms with E-state index in [1.165, 1.54) is 16.9 Å². The van der Waals surface area contributed by atoms with Crippen molar-refractivity contribution in [1.82, 2.24) is 15.5 Å². The van der Waals surface area contributed by atoms with Crippen LogP contribution in [0.1, 0.15) is 29.7 Å². The molecular weight excluding hydrogens is 270 g/mol. The minimum atomic E-state index is 0.0357. The number of fused-ring (bicyclic) bond motifs is 1. The van der Waals surface area contributed by atoms with Gasteiger partial charge in [0.1, 0.15) is 0 Å². The first-order valence-electron chi connectivity index (χ1n) is 7.61. The fourth-order valence-electron chi connectivity index (χ4n) is 3.03. The van der Waals surface area contributed by atoms with E-state index in [0.717, 1.165) is 52.0 Å². The lowest BCUT2D eigenvalue weighted by Gasteiger charge is -2.27. The molecule has 1 amide bonds. The molecule has 1 fully saturated rings. The van der Waals surface area contributed by atoms with Crippen molar-refractivity contribution in [2.45, 2.75) is 38.3 Å². The Kier molecular flexibility index (Phi) is 4.70. The first kappa shape index (κ1) is 14.0. The predicted molar refractivity (Wildman–Crippen MR) is 82.0 cm³/mol. The highest BCUT2D eigenvalue weighted by Crippen LogP contribution is 2.23. The number of carbonyl (C=O) groups excluding carboxylic acids is 1. The summed E-state index contributed by atoms with van der Waals surface area (Å²) < 4.78 is 0. The third-order valence-electron chi connectivity index (χ3n) is 4.24. The molecule has 0 spiro atoms. The molecule has 0 radical (unpaired) electrons. The van der Waals surface area contributed by atoms with Crippen molar-refractivity contribution >= 4 is 17.2 Å². The molecule has 0 aromatic carbocycles. The molecule has 1 saturated heterocycles. The Morgan fingerprint density at radius 2 is 2.45 bits per heavy atom. The van der Waals surface area contributed by atoms with Crippen LogP contribution in [-0.2, 0) is 17.8 Å². The van der Waals surface area contributed by atoms with Crippen molar-refractivity contribution in [1.29, 1.82) is 0 Å². The molecule has 1 aromatic heterocycles. The van der Waals surface area contributed by atoms with E-state index in [-0.39, 0.29) is 11.9 Å². The number of nitrogens with zero attached hydrogens (tertiary/aromatic N) is 1. The molecule has 4 nitrogen and oxygen atoms in total. The first-order valence-corrected chi connectivity index (χ1v) is 8.49. The van der Waals surface area contributed by atoms with Crippen molar-refractivity contribution in [2.24, 2.45) is 0 Å². The molecule has 2 aliphatic rings. The van der Waals surface area contributed by atoms with E-state index in [4.69, 9.17) is 0 Å². The van der Waals surface area contributed by atoms with Gasteiger partial charge in [-0.15, -0.1) is 11.3 Å². The fraction of sp³-hybridized carbons (Fsp3) is 0.667. The lowest BCUT2D eigenvalue weighted by molar-refractivity contribution is -0.123. The molecule has 110 valence electrons. The third kappa shape index (κ3) is 3.40. The summed E-state index contributed by atoms with van der Waals surface area (Å²) >= 11 is 1.87. The smallest absolute Gasteiger partial charge is 0.237 e. The summed E-state index contributed by atoms with van der Waals surface area (Å²) in [6, 6.07) is 2.27. The van der Waals surface area contributed by atoms with Gasteiger partial charge < -0.3 is 10.6 Å². The standard InChI is InChI=1S/C15H23N3OS/c19-15(13-3-1-2-6-16-13)17-7-9-18-8-4-14-12(11-18)5-10-20-14/h5,10,13,16H,1-4,6-9,11H2,(H,17,19)/t13-/m1/s1. The average Bonchev–Trinajstić information content (AvgIpc) is 2.95. The van der Waals surface area contributed by atoms with Crippen molar-refractivity contribution in [2.75, 3.05) is 26.2 Å². The number of piperidine rings is 1. The van der Waals surface area contributed by atoms with Crippen LogP contribution in [0.15, 0.2) is 11.4 Å². The van der Waals surface area contributed by atoms with E-state index in [1.807, 2.05) is 11.3 Å². The third-order valence-corrected chi connectivity index (χ3v) is 5.26. The van der Waals surface area contributed by atoms with Gasteiger partial charge in [-0.1, -0.05) is 6.42 Å². The highest BCUT2D eigenvalue weighted by Gasteiger charge is 2.21. The van der Waals surface area contributed by atoms with Crippen LogP contribution in [0.3, 0.4) is 0 Å². The number of hydrogen-bond donors (Lipinski definition) is 2. The summed E-state index contributed by atoms with van der Waals surface area (Å²) in [7, 11) is 0. The Labute approximate surface area is 124 Å². The maximum Gasteiger partial charge on any atom is 0.237 e. The summed E-state index contributed by atoms with van der Waals surface area (Å²) in [5.41, 5.74) is 1.47. The molecule has 20 heavy (non-hydrogen) atoms. The zero-order chi connectivity index (χ0) is 13.8. The Morgan fingerprint density at radius 3 is 3.30 bits per heavy atom. The highest BCUT2D eigenvalue weighted by atomic mass is 32.1. The quantitative estimate of drug-likeness (QED) is 0.881. The predicted octanol–water partition coefficient (Wildman–Crippen LogP) is 1.36. The fourth-order valence-corrected chi connectivity index (χ4v) is 3.92. The van der Waals surface area contributed by atoms with Gasteiger partial charge in [0.05, 0.1) is 6.04 Å². The van der Waals surface area contributed by atoms with Gasteiger partial charge in [0.15, 0.2) is 0 Å². The van der Waals surface area contributed by atoms with Crippen molar-refractivity contribution in [3.8, 4) is 0 Å². The van der Waals surface area contributed by atoms with E-state index in [0.29, 0.717) is 0 Å². The van der Waals surface area contributed by atoms with E-state index in [9.17, 15) is 4.79 Å². The maximum atomic E-state index is 12.0.